The van der Waals surface area contributed by atoms with E-state index >= 15 is 0 Å². The van der Waals surface area contributed by atoms with E-state index in [4.69, 9.17) is 18.6 Å². The molecule has 1 aromatic heterocycles. The highest BCUT2D eigenvalue weighted by molar-refractivity contribution is 8.00. The molecular formula is C14H12N2O5S. The molecule has 2 aliphatic rings. The molecule has 7 nitrogen and oxygen atoms in total. The molecule has 114 valence electrons. The Hall–Kier alpha value is -2.22. The molecule has 4 rings (SSSR count). The summed E-state index contributed by atoms with van der Waals surface area (Å²) in [5.74, 6) is 1.44. The van der Waals surface area contributed by atoms with Gasteiger partial charge in [-0.1, -0.05) is 12.1 Å². The van der Waals surface area contributed by atoms with Crippen LogP contribution in [-0.2, 0) is 9.53 Å². The summed E-state index contributed by atoms with van der Waals surface area (Å²) in [6, 6.07) is 7.41. The van der Waals surface area contributed by atoms with Crippen molar-refractivity contribution < 1.29 is 23.4 Å². The number of para-hydroxylation sites is 2. The van der Waals surface area contributed by atoms with Gasteiger partial charge in [0.25, 0.3) is 11.1 Å². The molecule has 0 aliphatic carbocycles. The van der Waals surface area contributed by atoms with E-state index in [9.17, 15) is 4.79 Å². The molecule has 2 aliphatic heterocycles. The lowest BCUT2D eigenvalue weighted by Gasteiger charge is -2.23. The van der Waals surface area contributed by atoms with Crippen molar-refractivity contribution in [1.82, 2.24) is 10.2 Å². The van der Waals surface area contributed by atoms with E-state index in [1.54, 1.807) is 0 Å². The van der Waals surface area contributed by atoms with Crippen molar-refractivity contribution in [3.63, 3.8) is 0 Å². The van der Waals surface area contributed by atoms with Gasteiger partial charge < -0.3 is 18.6 Å². The first-order valence-corrected chi connectivity index (χ1v) is 7.73. The number of fused-ring (bicyclic) bond motifs is 1. The van der Waals surface area contributed by atoms with Crippen LogP contribution in [0.5, 0.6) is 11.5 Å². The maximum absolute atomic E-state index is 11.4. The number of aromatic nitrogens is 2. The summed E-state index contributed by atoms with van der Waals surface area (Å²) in [6.45, 7) is 0.739. The van der Waals surface area contributed by atoms with Gasteiger partial charge >= 0.3 is 5.97 Å². The molecule has 8 heteroatoms. The van der Waals surface area contributed by atoms with Crippen molar-refractivity contribution in [2.24, 2.45) is 0 Å². The van der Waals surface area contributed by atoms with E-state index in [0.29, 0.717) is 42.2 Å². The second-order valence-corrected chi connectivity index (χ2v) is 5.99. The number of nitrogens with zero attached hydrogens (tertiary/aromatic N) is 2. The zero-order valence-corrected chi connectivity index (χ0v) is 12.2. The normalized spacial score (nSPS) is 23.4. The van der Waals surface area contributed by atoms with E-state index in [1.807, 2.05) is 24.3 Å². The molecule has 0 spiro atoms. The predicted octanol–water partition coefficient (Wildman–Crippen LogP) is 1.99. The molecule has 1 fully saturated rings. The first-order valence-electron chi connectivity index (χ1n) is 6.85. The standard InChI is InChI=1S/C14H12N2O5S/c17-13-11(5-6-18-13)22-14-16-15-12(21-14)10-7-19-8-3-1-2-4-9(8)20-10/h1-4,10-11H,5-7H2/t10-,11-/m0/s1. The van der Waals surface area contributed by atoms with Crippen LogP contribution in [0.3, 0.4) is 0 Å². The monoisotopic (exact) mass is 320 g/mol. The van der Waals surface area contributed by atoms with Crippen molar-refractivity contribution >= 4 is 17.7 Å². The van der Waals surface area contributed by atoms with Crippen molar-refractivity contribution in [2.75, 3.05) is 13.2 Å². The van der Waals surface area contributed by atoms with Gasteiger partial charge in [-0.2, -0.15) is 0 Å². The van der Waals surface area contributed by atoms with Crippen LogP contribution in [0, 0.1) is 0 Å². The Labute approximate surface area is 129 Å². The van der Waals surface area contributed by atoms with Gasteiger partial charge in [0.1, 0.15) is 11.9 Å². The highest BCUT2D eigenvalue weighted by Gasteiger charge is 2.31. The SMILES string of the molecule is O=C1OCC[C@@H]1Sc1nnc([C@@H]2COc3ccccc3O2)o1. The van der Waals surface area contributed by atoms with Gasteiger partial charge in [-0.05, 0) is 23.9 Å². The summed E-state index contributed by atoms with van der Waals surface area (Å²) in [7, 11) is 0. The minimum Gasteiger partial charge on any atom is -0.485 e. The van der Waals surface area contributed by atoms with Gasteiger partial charge in [0, 0.05) is 6.42 Å². The maximum Gasteiger partial charge on any atom is 0.319 e. The Morgan fingerprint density at radius 1 is 1.14 bits per heavy atom. The molecule has 22 heavy (non-hydrogen) atoms. The average Bonchev–Trinajstić information content (AvgIpc) is 3.17. The first kappa shape index (κ1) is 13.4. The minimum atomic E-state index is -0.452. The van der Waals surface area contributed by atoms with Gasteiger partial charge in [-0.15, -0.1) is 10.2 Å². The number of carbonyl (C=O) groups excluding carboxylic acids is 1. The molecular weight excluding hydrogens is 308 g/mol. The zero-order chi connectivity index (χ0) is 14.9. The number of carbonyl (C=O) groups is 1. The summed E-state index contributed by atoms with van der Waals surface area (Å²) in [6.07, 6.45) is 0.199. The lowest BCUT2D eigenvalue weighted by molar-refractivity contribution is -0.137. The van der Waals surface area contributed by atoms with E-state index in [-0.39, 0.29) is 11.2 Å². The molecule has 0 saturated carbocycles. The molecule has 0 amide bonds. The summed E-state index contributed by atoms with van der Waals surface area (Å²) in [5, 5.41) is 7.99. The Kier molecular flexibility index (Phi) is 3.38. The molecule has 3 heterocycles. The van der Waals surface area contributed by atoms with Crippen LogP contribution in [0.25, 0.3) is 0 Å². The van der Waals surface area contributed by atoms with Gasteiger partial charge in [-0.3, -0.25) is 4.79 Å². The van der Waals surface area contributed by atoms with Gasteiger partial charge in [-0.25, -0.2) is 0 Å². The van der Waals surface area contributed by atoms with Gasteiger partial charge in [0.05, 0.1) is 6.61 Å². The minimum absolute atomic E-state index is 0.240. The number of ether oxygens (including phenoxy) is 3. The van der Waals surface area contributed by atoms with Crippen LogP contribution >= 0.6 is 11.8 Å². The summed E-state index contributed by atoms with van der Waals surface area (Å²) < 4.78 is 21.9. The molecule has 1 saturated heterocycles. The number of hydrogen-bond donors (Lipinski definition) is 0. The van der Waals surface area contributed by atoms with E-state index in [0.717, 1.165) is 0 Å². The van der Waals surface area contributed by atoms with Gasteiger partial charge in [0.2, 0.25) is 6.10 Å². The number of esters is 1. The molecule has 2 atom stereocenters. The summed E-state index contributed by atoms with van der Waals surface area (Å²) in [4.78, 5) is 11.4. The fraction of sp³-hybridized carbons (Fsp3) is 0.357. The van der Waals surface area contributed by atoms with Crippen LogP contribution in [-0.4, -0.2) is 34.6 Å². The number of thioether (sulfide) groups is 1. The van der Waals surface area contributed by atoms with Crippen molar-refractivity contribution in [3.8, 4) is 11.5 Å². The van der Waals surface area contributed by atoms with Gasteiger partial charge in [0.15, 0.2) is 11.5 Å². The fourth-order valence-corrected chi connectivity index (χ4v) is 3.09. The average molecular weight is 320 g/mol. The van der Waals surface area contributed by atoms with E-state index in [2.05, 4.69) is 10.2 Å². The first-order chi connectivity index (χ1) is 10.8. The van der Waals surface area contributed by atoms with Crippen LogP contribution in [0.2, 0.25) is 0 Å². The number of cyclic esters (lactones) is 1. The van der Waals surface area contributed by atoms with Crippen molar-refractivity contribution in [2.45, 2.75) is 23.0 Å². The number of benzene rings is 1. The maximum atomic E-state index is 11.4. The van der Waals surface area contributed by atoms with Crippen LogP contribution < -0.4 is 9.47 Å². The molecule has 2 aromatic rings. The Balaban J connectivity index is 1.47. The van der Waals surface area contributed by atoms with Crippen molar-refractivity contribution in [3.05, 3.63) is 30.2 Å². The molecule has 1 aromatic carbocycles. The molecule has 0 radical (unpaired) electrons. The Bertz CT molecular complexity index is 704. The zero-order valence-electron chi connectivity index (χ0n) is 11.4. The quantitative estimate of drug-likeness (QED) is 0.794. The number of hydrogen-bond acceptors (Lipinski definition) is 8. The summed E-state index contributed by atoms with van der Waals surface area (Å²) in [5.41, 5.74) is 0. The van der Waals surface area contributed by atoms with E-state index in [1.165, 1.54) is 11.8 Å². The third-order valence-corrected chi connectivity index (χ3v) is 4.42. The molecule has 0 bridgehead atoms. The Morgan fingerprint density at radius 2 is 2.00 bits per heavy atom. The lowest BCUT2D eigenvalue weighted by atomic mass is 10.2. The topological polar surface area (TPSA) is 83.7 Å². The summed E-state index contributed by atoms with van der Waals surface area (Å²) >= 11 is 1.22. The third kappa shape index (κ3) is 2.50. The van der Waals surface area contributed by atoms with E-state index < -0.39 is 6.10 Å². The van der Waals surface area contributed by atoms with Crippen LogP contribution in [0.15, 0.2) is 33.9 Å². The largest absolute Gasteiger partial charge is 0.485 e. The highest BCUT2D eigenvalue weighted by atomic mass is 32.2. The number of rotatable bonds is 3. The van der Waals surface area contributed by atoms with Crippen molar-refractivity contribution in [1.29, 1.82) is 0 Å². The second-order valence-electron chi connectivity index (χ2n) is 4.83. The van der Waals surface area contributed by atoms with Crippen LogP contribution in [0.4, 0.5) is 0 Å². The highest BCUT2D eigenvalue weighted by Crippen LogP contribution is 2.36. The second kappa shape index (κ2) is 5.53. The Morgan fingerprint density at radius 3 is 2.82 bits per heavy atom. The molecule has 0 N–H and O–H groups in total. The fourth-order valence-electron chi connectivity index (χ4n) is 2.25. The molecule has 0 unspecified atom stereocenters. The predicted molar refractivity (Wildman–Crippen MR) is 74.8 cm³/mol. The van der Waals surface area contributed by atoms with Crippen LogP contribution in [0.1, 0.15) is 18.4 Å². The lowest BCUT2D eigenvalue weighted by Crippen LogP contribution is -2.21. The smallest absolute Gasteiger partial charge is 0.319 e. The third-order valence-electron chi connectivity index (χ3n) is 3.34.